The van der Waals surface area contributed by atoms with E-state index in [4.69, 9.17) is 5.73 Å². The molecule has 0 aromatic carbocycles. The molecule has 0 radical (unpaired) electrons. The Morgan fingerprint density at radius 2 is 2.28 bits per heavy atom. The Morgan fingerprint density at radius 3 is 2.89 bits per heavy atom. The molecule has 5 nitrogen and oxygen atoms in total. The zero-order valence-electron chi connectivity index (χ0n) is 10.3. The van der Waals surface area contributed by atoms with Crippen LogP contribution in [0.1, 0.15) is 23.5 Å². The summed E-state index contributed by atoms with van der Waals surface area (Å²) in [5, 5.41) is 0. The Hall–Kier alpha value is -1.53. The number of hydrogen-bond donors (Lipinski definition) is 1. The number of nitrogens with zero attached hydrogens (tertiary/aromatic N) is 3. The van der Waals surface area contributed by atoms with Gasteiger partial charge in [0.1, 0.15) is 16.2 Å². The summed E-state index contributed by atoms with van der Waals surface area (Å²) in [6.45, 7) is 5.16. The van der Waals surface area contributed by atoms with E-state index in [9.17, 15) is 4.79 Å². The first kappa shape index (κ1) is 11.6. The molecule has 3 heterocycles. The molecule has 0 amide bonds. The van der Waals surface area contributed by atoms with E-state index < -0.39 is 0 Å². The summed E-state index contributed by atoms with van der Waals surface area (Å²) in [4.78, 5) is 23.8. The Kier molecular flexibility index (Phi) is 2.39. The van der Waals surface area contributed by atoms with Gasteiger partial charge in [0.15, 0.2) is 5.78 Å². The lowest BCUT2D eigenvalue weighted by Gasteiger charge is -2.45. The van der Waals surface area contributed by atoms with Crippen LogP contribution < -0.4 is 10.6 Å². The number of carbonyl (C=O) groups is 1. The number of ketones is 1. The van der Waals surface area contributed by atoms with Crippen molar-refractivity contribution >= 4 is 33.3 Å². The number of aromatic nitrogens is 2. The molecule has 0 spiro atoms. The molecule has 0 bridgehead atoms. The average molecular weight is 262 g/mol. The lowest BCUT2D eigenvalue weighted by molar-refractivity contribution is 0.102. The molecule has 0 atom stereocenters. The molecule has 1 aliphatic heterocycles. The third-order valence-electron chi connectivity index (χ3n) is 3.00. The number of anilines is 1. The van der Waals surface area contributed by atoms with E-state index in [2.05, 4.69) is 14.9 Å². The van der Waals surface area contributed by atoms with E-state index in [0.717, 1.165) is 29.3 Å². The van der Waals surface area contributed by atoms with E-state index in [1.54, 1.807) is 19.2 Å². The van der Waals surface area contributed by atoms with Crippen LogP contribution in [0.3, 0.4) is 0 Å². The normalized spacial score (nSPS) is 17.8. The van der Waals surface area contributed by atoms with E-state index in [0.29, 0.717) is 4.88 Å². The summed E-state index contributed by atoms with van der Waals surface area (Å²) in [7, 11) is 0. The summed E-state index contributed by atoms with van der Waals surface area (Å²) in [5.41, 5.74) is 6.63. The maximum Gasteiger partial charge on any atom is 0.169 e. The highest BCUT2D eigenvalue weighted by atomic mass is 32.1. The monoisotopic (exact) mass is 262 g/mol. The van der Waals surface area contributed by atoms with Gasteiger partial charge in [-0.25, -0.2) is 9.97 Å². The SMILES string of the molecule is CC(=O)c1cc2ncc(N3CC(C)(N)C3)nc2s1. The van der Waals surface area contributed by atoms with Crippen molar-refractivity contribution in [3.8, 4) is 0 Å². The summed E-state index contributed by atoms with van der Waals surface area (Å²) in [6, 6.07) is 1.79. The lowest BCUT2D eigenvalue weighted by atomic mass is 9.94. The van der Waals surface area contributed by atoms with Gasteiger partial charge in [-0.2, -0.15) is 0 Å². The molecular formula is C12H14N4OS. The van der Waals surface area contributed by atoms with E-state index in [-0.39, 0.29) is 11.3 Å². The van der Waals surface area contributed by atoms with Crippen LogP contribution in [0.2, 0.25) is 0 Å². The van der Waals surface area contributed by atoms with Crippen LogP contribution in [0, 0.1) is 0 Å². The molecule has 2 aromatic rings. The molecule has 94 valence electrons. The number of Topliss-reactive ketones (excluding diaryl/α,β-unsaturated/α-hetero) is 1. The van der Waals surface area contributed by atoms with Crippen LogP contribution in [0.5, 0.6) is 0 Å². The smallest absolute Gasteiger partial charge is 0.169 e. The van der Waals surface area contributed by atoms with Crippen molar-refractivity contribution in [1.29, 1.82) is 0 Å². The minimum atomic E-state index is -0.128. The molecule has 1 fully saturated rings. The fourth-order valence-electron chi connectivity index (χ4n) is 2.12. The number of thiophene rings is 1. The second-order valence-electron chi connectivity index (χ2n) is 5.10. The Labute approximate surface area is 109 Å². The van der Waals surface area contributed by atoms with Crippen LogP contribution in [0.25, 0.3) is 10.3 Å². The molecule has 6 heteroatoms. The number of rotatable bonds is 2. The van der Waals surface area contributed by atoms with Gasteiger partial charge in [0.2, 0.25) is 0 Å². The molecule has 18 heavy (non-hydrogen) atoms. The highest BCUT2D eigenvalue weighted by Crippen LogP contribution is 2.28. The predicted octanol–water partition coefficient (Wildman–Crippen LogP) is 1.43. The van der Waals surface area contributed by atoms with Gasteiger partial charge in [0, 0.05) is 18.6 Å². The van der Waals surface area contributed by atoms with Crippen molar-refractivity contribution in [2.75, 3.05) is 18.0 Å². The molecular weight excluding hydrogens is 248 g/mol. The predicted molar refractivity (Wildman–Crippen MR) is 72.2 cm³/mol. The van der Waals surface area contributed by atoms with E-state index >= 15 is 0 Å². The maximum atomic E-state index is 11.3. The van der Waals surface area contributed by atoms with Crippen LogP contribution >= 0.6 is 11.3 Å². The number of carbonyl (C=O) groups excluding carboxylic acids is 1. The molecule has 2 aromatic heterocycles. The quantitative estimate of drug-likeness (QED) is 0.829. The largest absolute Gasteiger partial charge is 0.351 e. The maximum absolute atomic E-state index is 11.3. The molecule has 2 N–H and O–H groups in total. The standard InChI is InChI=1S/C12H14N4OS/c1-7(17)9-3-8-11(18-9)15-10(4-14-8)16-5-12(2,13)6-16/h3-4H,5-6,13H2,1-2H3. The van der Waals surface area contributed by atoms with Crippen molar-refractivity contribution in [1.82, 2.24) is 9.97 Å². The third-order valence-corrected chi connectivity index (χ3v) is 4.12. The summed E-state index contributed by atoms with van der Waals surface area (Å²) in [6.07, 6.45) is 1.74. The lowest BCUT2D eigenvalue weighted by Crippen LogP contribution is -2.65. The van der Waals surface area contributed by atoms with Gasteiger partial charge in [-0.1, -0.05) is 0 Å². The average Bonchev–Trinajstić information content (AvgIpc) is 2.68. The summed E-state index contributed by atoms with van der Waals surface area (Å²) >= 11 is 1.39. The minimum absolute atomic E-state index is 0.0554. The van der Waals surface area contributed by atoms with Crippen LogP contribution in [-0.4, -0.2) is 34.4 Å². The second kappa shape index (κ2) is 3.73. The molecule has 0 saturated carbocycles. The van der Waals surface area contributed by atoms with Crippen molar-refractivity contribution in [2.45, 2.75) is 19.4 Å². The first-order valence-corrected chi connectivity index (χ1v) is 6.58. The highest BCUT2D eigenvalue weighted by molar-refractivity contribution is 7.20. The fourth-order valence-corrected chi connectivity index (χ4v) is 3.00. The van der Waals surface area contributed by atoms with E-state index in [1.807, 2.05) is 6.92 Å². The fraction of sp³-hybridized carbons (Fsp3) is 0.417. The highest BCUT2D eigenvalue weighted by Gasteiger charge is 2.35. The van der Waals surface area contributed by atoms with Gasteiger partial charge in [0.05, 0.1) is 11.1 Å². The first-order chi connectivity index (χ1) is 8.44. The minimum Gasteiger partial charge on any atom is -0.351 e. The summed E-state index contributed by atoms with van der Waals surface area (Å²) in [5.74, 6) is 0.891. The molecule has 3 rings (SSSR count). The molecule has 0 aliphatic carbocycles. The second-order valence-corrected chi connectivity index (χ2v) is 6.13. The van der Waals surface area contributed by atoms with Gasteiger partial charge in [-0.3, -0.25) is 4.79 Å². The third kappa shape index (κ3) is 1.87. The van der Waals surface area contributed by atoms with Crippen LogP contribution in [0.4, 0.5) is 5.82 Å². The van der Waals surface area contributed by atoms with Crippen molar-refractivity contribution in [2.24, 2.45) is 5.73 Å². The summed E-state index contributed by atoms with van der Waals surface area (Å²) < 4.78 is 0. The van der Waals surface area contributed by atoms with Crippen LogP contribution in [0.15, 0.2) is 12.3 Å². The Morgan fingerprint density at radius 1 is 1.56 bits per heavy atom. The topological polar surface area (TPSA) is 72.1 Å². The molecule has 1 aliphatic rings. The van der Waals surface area contributed by atoms with Crippen molar-refractivity contribution < 1.29 is 4.79 Å². The first-order valence-electron chi connectivity index (χ1n) is 5.76. The van der Waals surface area contributed by atoms with Crippen LogP contribution in [-0.2, 0) is 0 Å². The van der Waals surface area contributed by atoms with Crippen molar-refractivity contribution in [3.63, 3.8) is 0 Å². The Balaban J connectivity index is 1.94. The van der Waals surface area contributed by atoms with Gasteiger partial charge in [0.25, 0.3) is 0 Å². The number of hydrogen-bond acceptors (Lipinski definition) is 6. The molecule has 0 unspecified atom stereocenters. The number of nitrogens with two attached hydrogens (primary N) is 1. The van der Waals surface area contributed by atoms with Gasteiger partial charge in [-0.05, 0) is 19.9 Å². The zero-order valence-corrected chi connectivity index (χ0v) is 11.1. The zero-order chi connectivity index (χ0) is 12.9. The van der Waals surface area contributed by atoms with Gasteiger partial charge in [-0.15, -0.1) is 11.3 Å². The Bertz CT molecular complexity index is 626. The van der Waals surface area contributed by atoms with E-state index in [1.165, 1.54) is 11.3 Å². The number of fused-ring (bicyclic) bond motifs is 1. The van der Waals surface area contributed by atoms with Crippen molar-refractivity contribution in [3.05, 3.63) is 17.1 Å². The van der Waals surface area contributed by atoms with Gasteiger partial charge >= 0.3 is 0 Å². The molecule has 1 saturated heterocycles. The van der Waals surface area contributed by atoms with Gasteiger partial charge < -0.3 is 10.6 Å².